The number of carbonyl (C=O) groups excluding carboxylic acids is 1. The third-order valence-corrected chi connectivity index (χ3v) is 6.03. The molecule has 7 heteroatoms. The third-order valence-electron chi connectivity index (χ3n) is 5.21. The van der Waals surface area contributed by atoms with Crippen LogP contribution in [0.4, 0.5) is 5.69 Å². The van der Waals surface area contributed by atoms with Gasteiger partial charge < -0.3 is 14.8 Å². The van der Waals surface area contributed by atoms with Gasteiger partial charge in [0.2, 0.25) is 0 Å². The van der Waals surface area contributed by atoms with Gasteiger partial charge in [0.05, 0.1) is 11.6 Å². The Kier molecular flexibility index (Phi) is 7.71. The van der Waals surface area contributed by atoms with E-state index in [4.69, 9.17) is 21.1 Å². The summed E-state index contributed by atoms with van der Waals surface area (Å²) in [7, 11) is 1.54. The van der Waals surface area contributed by atoms with E-state index in [-0.39, 0.29) is 5.57 Å². The highest BCUT2D eigenvalue weighted by molar-refractivity contribution is 9.10. The van der Waals surface area contributed by atoms with Crippen LogP contribution in [0.5, 0.6) is 11.5 Å². The van der Waals surface area contributed by atoms with E-state index in [1.54, 1.807) is 36.4 Å². The lowest BCUT2D eigenvalue weighted by molar-refractivity contribution is -0.112. The number of carbonyl (C=O) groups is 1. The van der Waals surface area contributed by atoms with Crippen LogP contribution in [-0.4, -0.2) is 13.0 Å². The molecule has 174 valence electrons. The van der Waals surface area contributed by atoms with Gasteiger partial charge >= 0.3 is 0 Å². The zero-order chi connectivity index (χ0) is 24.8. The SMILES string of the molecule is COc1cc(/C=C(\C#N)C(=O)Nc2cccc(Cl)c2)cc(Br)c1OCc1ccc2ccccc2c1. The highest BCUT2D eigenvalue weighted by atomic mass is 79.9. The Bertz CT molecular complexity index is 1480. The molecule has 1 amide bonds. The van der Waals surface area contributed by atoms with E-state index >= 15 is 0 Å². The molecule has 0 aliphatic rings. The van der Waals surface area contributed by atoms with Crippen LogP contribution >= 0.6 is 27.5 Å². The molecule has 4 rings (SSSR count). The number of rotatable bonds is 7. The summed E-state index contributed by atoms with van der Waals surface area (Å²) in [5, 5.41) is 15.0. The Labute approximate surface area is 216 Å². The Morgan fingerprint density at radius 3 is 2.60 bits per heavy atom. The molecule has 0 atom stereocenters. The van der Waals surface area contributed by atoms with Crippen molar-refractivity contribution in [2.24, 2.45) is 0 Å². The Morgan fingerprint density at radius 2 is 1.86 bits per heavy atom. The van der Waals surface area contributed by atoms with E-state index in [0.717, 1.165) is 10.9 Å². The highest BCUT2D eigenvalue weighted by Crippen LogP contribution is 2.38. The lowest BCUT2D eigenvalue weighted by Gasteiger charge is -2.14. The quantitative estimate of drug-likeness (QED) is 0.193. The van der Waals surface area contributed by atoms with Gasteiger partial charge in [-0.3, -0.25) is 4.79 Å². The molecule has 0 unspecified atom stereocenters. The standard InChI is InChI=1S/C28H20BrClN2O3/c1-34-26-14-19(12-22(16-31)28(33)32-24-8-4-7-23(30)15-24)13-25(29)27(26)35-17-18-9-10-20-5-2-3-6-21(20)11-18/h2-15H,17H2,1H3,(H,32,33)/b22-12+. The van der Waals surface area contributed by atoms with E-state index in [0.29, 0.717) is 38.9 Å². The number of ether oxygens (including phenoxy) is 2. The van der Waals surface area contributed by atoms with Crippen molar-refractivity contribution in [1.82, 2.24) is 0 Å². The van der Waals surface area contributed by atoms with Gasteiger partial charge in [-0.2, -0.15) is 5.26 Å². The summed E-state index contributed by atoms with van der Waals surface area (Å²) in [6, 6.07) is 26.5. The fraction of sp³-hybridized carbons (Fsp3) is 0.0714. The molecule has 0 spiro atoms. The van der Waals surface area contributed by atoms with Crippen molar-refractivity contribution in [3.63, 3.8) is 0 Å². The predicted molar refractivity (Wildman–Crippen MR) is 143 cm³/mol. The van der Waals surface area contributed by atoms with Crippen molar-refractivity contribution in [2.75, 3.05) is 12.4 Å². The lowest BCUT2D eigenvalue weighted by Crippen LogP contribution is -2.13. The van der Waals surface area contributed by atoms with Crippen LogP contribution in [0.3, 0.4) is 0 Å². The fourth-order valence-corrected chi connectivity index (χ4v) is 4.29. The van der Waals surface area contributed by atoms with E-state index in [1.807, 2.05) is 24.3 Å². The second kappa shape index (κ2) is 11.1. The van der Waals surface area contributed by atoms with Crippen molar-refractivity contribution < 1.29 is 14.3 Å². The average Bonchev–Trinajstić information content (AvgIpc) is 2.86. The monoisotopic (exact) mass is 546 g/mol. The molecule has 0 saturated heterocycles. The first kappa shape index (κ1) is 24.3. The second-order valence-corrected chi connectivity index (χ2v) is 8.93. The lowest BCUT2D eigenvalue weighted by atomic mass is 10.1. The number of nitrogens with zero attached hydrogens (tertiary/aromatic N) is 1. The van der Waals surface area contributed by atoms with Crippen LogP contribution < -0.4 is 14.8 Å². The summed E-state index contributed by atoms with van der Waals surface area (Å²) >= 11 is 9.50. The van der Waals surface area contributed by atoms with Crippen molar-refractivity contribution in [3.8, 4) is 17.6 Å². The molecule has 1 N–H and O–H groups in total. The number of benzene rings is 4. The van der Waals surface area contributed by atoms with Gasteiger partial charge in [-0.15, -0.1) is 0 Å². The normalized spacial score (nSPS) is 11.1. The van der Waals surface area contributed by atoms with Gasteiger partial charge in [-0.05, 0) is 80.3 Å². The van der Waals surface area contributed by atoms with Crippen molar-refractivity contribution >= 4 is 56.0 Å². The topological polar surface area (TPSA) is 71.3 Å². The Hall–Kier alpha value is -3.79. The summed E-state index contributed by atoms with van der Waals surface area (Å²) in [6.07, 6.45) is 1.49. The van der Waals surface area contributed by atoms with Crippen LogP contribution in [0.15, 0.2) is 88.9 Å². The van der Waals surface area contributed by atoms with E-state index < -0.39 is 5.91 Å². The maximum Gasteiger partial charge on any atom is 0.266 e. The largest absolute Gasteiger partial charge is 0.493 e. The zero-order valence-corrected chi connectivity index (χ0v) is 21.1. The number of fused-ring (bicyclic) bond motifs is 1. The molecular formula is C28H20BrClN2O3. The van der Waals surface area contributed by atoms with E-state index in [9.17, 15) is 10.1 Å². The highest BCUT2D eigenvalue weighted by Gasteiger charge is 2.14. The number of nitrogens with one attached hydrogen (secondary N) is 1. The van der Waals surface area contributed by atoms with Gasteiger partial charge in [-0.25, -0.2) is 0 Å². The number of nitriles is 1. The summed E-state index contributed by atoms with van der Waals surface area (Å²) < 4.78 is 12.2. The zero-order valence-electron chi connectivity index (χ0n) is 18.7. The van der Waals surface area contributed by atoms with Crippen LogP contribution in [0.2, 0.25) is 5.02 Å². The van der Waals surface area contributed by atoms with Gasteiger partial charge in [0.1, 0.15) is 18.2 Å². The van der Waals surface area contributed by atoms with Crippen LogP contribution in [-0.2, 0) is 11.4 Å². The summed E-state index contributed by atoms with van der Waals surface area (Å²) in [4.78, 5) is 12.6. The molecule has 0 bridgehead atoms. The molecule has 0 fully saturated rings. The molecule has 35 heavy (non-hydrogen) atoms. The molecule has 0 saturated carbocycles. The molecule has 4 aromatic rings. The molecule has 0 aliphatic heterocycles. The Morgan fingerprint density at radius 1 is 1.06 bits per heavy atom. The smallest absolute Gasteiger partial charge is 0.266 e. The van der Waals surface area contributed by atoms with Crippen LogP contribution in [0.25, 0.3) is 16.8 Å². The maximum atomic E-state index is 12.6. The van der Waals surface area contributed by atoms with Gasteiger partial charge in [0.15, 0.2) is 11.5 Å². The number of halogens is 2. The summed E-state index contributed by atoms with van der Waals surface area (Å²) in [6.45, 7) is 0.348. The molecule has 4 aromatic carbocycles. The minimum Gasteiger partial charge on any atom is -0.493 e. The number of methoxy groups -OCH3 is 1. The minimum absolute atomic E-state index is 0.0660. The fourth-order valence-electron chi connectivity index (χ4n) is 3.53. The molecule has 0 heterocycles. The molecule has 0 aliphatic carbocycles. The van der Waals surface area contributed by atoms with Crippen molar-refractivity contribution in [2.45, 2.75) is 6.61 Å². The van der Waals surface area contributed by atoms with E-state index in [1.165, 1.54) is 18.6 Å². The number of amides is 1. The molecule has 0 aromatic heterocycles. The first-order valence-corrected chi connectivity index (χ1v) is 11.8. The molecular weight excluding hydrogens is 528 g/mol. The van der Waals surface area contributed by atoms with Gasteiger partial charge in [0.25, 0.3) is 5.91 Å². The first-order valence-electron chi connectivity index (χ1n) is 10.6. The maximum absolute atomic E-state index is 12.6. The van der Waals surface area contributed by atoms with Crippen molar-refractivity contribution in [3.05, 3.63) is 105 Å². The Balaban J connectivity index is 1.54. The molecule has 5 nitrogen and oxygen atoms in total. The average molecular weight is 548 g/mol. The predicted octanol–water partition coefficient (Wildman–Crippen LogP) is 7.39. The number of anilines is 1. The minimum atomic E-state index is -0.540. The summed E-state index contributed by atoms with van der Waals surface area (Å²) in [5.41, 5.74) is 2.05. The van der Waals surface area contributed by atoms with Crippen LogP contribution in [0, 0.1) is 11.3 Å². The van der Waals surface area contributed by atoms with Crippen molar-refractivity contribution in [1.29, 1.82) is 5.26 Å². The van der Waals surface area contributed by atoms with Gasteiger partial charge in [0, 0.05) is 10.7 Å². The summed E-state index contributed by atoms with van der Waals surface area (Å²) in [5.74, 6) is 0.458. The van der Waals surface area contributed by atoms with Crippen LogP contribution in [0.1, 0.15) is 11.1 Å². The number of hydrogen-bond acceptors (Lipinski definition) is 4. The van der Waals surface area contributed by atoms with E-state index in [2.05, 4.69) is 45.5 Å². The number of hydrogen-bond donors (Lipinski definition) is 1. The molecule has 0 radical (unpaired) electrons. The second-order valence-electron chi connectivity index (χ2n) is 7.64. The third kappa shape index (κ3) is 6.02. The van der Waals surface area contributed by atoms with Gasteiger partial charge in [-0.1, -0.05) is 54.1 Å². The first-order chi connectivity index (χ1) is 17.0.